The van der Waals surface area contributed by atoms with Gasteiger partial charge in [0.1, 0.15) is 4.34 Å². The number of hydrogen-bond donors (Lipinski definition) is 1. The molecular weight excluding hydrogens is 252 g/mol. The quantitative estimate of drug-likeness (QED) is 0.584. The van der Waals surface area contributed by atoms with Gasteiger partial charge in [-0.1, -0.05) is 32.0 Å². The Morgan fingerprint density at radius 3 is 3.12 bits per heavy atom. The molecule has 0 bridgehead atoms. The third kappa shape index (κ3) is 6.07. The third-order valence-electron chi connectivity index (χ3n) is 2.42. The third-order valence-corrected chi connectivity index (χ3v) is 4.48. The van der Waals surface area contributed by atoms with E-state index in [1.165, 1.54) is 0 Å². The van der Waals surface area contributed by atoms with E-state index in [0.717, 1.165) is 35.9 Å². The normalized spacial score (nSPS) is 12.4. The Balaban J connectivity index is 2.02. The van der Waals surface area contributed by atoms with Crippen molar-refractivity contribution in [3.63, 3.8) is 0 Å². The van der Waals surface area contributed by atoms with Crippen LogP contribution in [0.1, 0.15) is 33.1 Å². The van der Waals surface area contributed by atoms with Gasteiger partial charge >= 0.3 is 0 Å². The number of nitrogens with zero attached hydrogens (tertiary/aromatic N) is 1. The van der Waals surface area contributed by atoms with Crippen molar-refractivity contribution in [3.8, 4) is 0 Å². The average molecular weight is 272 g/mol. The molecule has 1 atom stereocenters. The first kappa shape index (κ1) is 14.5. The van der Waals surface area contributed by atoms with Gasteiger partial charge in [0.15, 0.2) is 0 Å². The summed E-state index contributed by atoms with van der Waals surface area (Å²) in [6.45, 7) is 4.86. The van der Waals surface area contributed by atoms with Gasteiger partial charge in [-0.25, -0.2) is 4.98 Å². The fourth-order valence-corrected chi connectivity index (χ4v) is 3.11. The minimum Gasteiger partial charge on any atom is -0.356 e. The zero-order valence-corrected chi connectivity index (χ0v) is 12.1. The van der Waals surface area contributed by atoms with E-state index in [2.05, 4.69) is 17.2 Å². The van der Waals surface area contributed by atoms with Gasteiger partial charge in [0, 0.05) is 29.8 Å². The smallest absolute Gasteiger partial charge is 0.222 e. The first-order valence-corrected chi connectivity index (χ1v) is 7.90. The fraction of sp³-hybridized carbons (Fsp3) is 0.667. The Morgan fingerprint density at radius 1 is 1.65 bits per heavy atom. The highest BCUT2D eigenvalue weighted by molar-refractivity contribution is 8.00. The molecule has 1 aromatic heterocycles. The second-order valence-electron chi connectivity index (χ2n) is 3.98. The van der Waals surface area contributed by atoms with E-state index in [9.17, 15) is 4.79 Å². The maximum absolute atomic E-state index is 11.6. The van der Waals surface area contributed by atoms with Crippen molar-refractivity contribution in [2.45, 2.75) is 37.4 Å². The average Bonchev–Trinajstić information content (AvgIpc) is 2.81. The fourth-order valence-electron chi connectivity index (χ4n) is 1.46. The Bertz CT molecular complexity index is 314. The Labute approximate surface area is 111 Å². The molecule has 1 N–H and O–H groups in total. The van der Waals surface area contributed by atoms with Gasteiger partial charge in [0.05, 0.1) is 0 Å². The number of hydrogen-bond acceptors (Lipinski definition) is 4. The SMILES string of the molecule is CCCC(C)C(=O)NCCCSc1nccs1. The van der Waals surface area contributed by atoms with Gasteiger partial charge in [0.25, 0.3) is 0 Å². The highest BCUT2D eigenvalue weighted by Crippen LogP contribution is 2.20. The Kier molecular flexibility index (Phi) is 7.28. The molecule has 0 aliphatic rings. The summed E-state index contributed by atoms with van der Waals surface area (Å²) in [5.41, 5.74) is 0. The molecule has 1 rings (SSSR count). The monoisotopic (exact) mass is 272 g/mol. The molecule has 5 heteroatoms. The molecule has 0 radical (unpaired) electrons. The summed E-state index contributed by atoms with van der Waals surface area (Å²) in [7, 11) is 0. The second-order valence-corrected chi connectivity index (χ2v) is 6.22. The topological polar surface area (TPSA) is 42.0 Å². The number of nitrogens with one attached hydrogen (secondary N) is 1. The van der Waals surface area contributed by atoms with Gasteiger partial charge in [-0.2, -0.15) is 0 Å². The molecule has 1 unspecified atom stereocenters. The van der Waals surface area contributed by atoms with Crippen LogP contribution in [0.25, 0.3) is 0 Å². The molecule has 1 amide bonds. The van der Waals surface area contributed by atoms with Crippen LogP contribution in [0, 0.1) is 5.92 Å². The van der Waals surface area contributed by atoms with Crippen LogP contribution in [0.2, 0.25) is 0 Å². The van der Waals surface area contributed by atoms with Crippen LogP contribution in [0.15, 0.2) is 15.9 Å². The first-order chi connectivity index (χ1) is 8.24. The molecule has 0 saturated carbocycles. The van der Waals surface area contributed by atoms with Crippen molar-refractivity contribution in [1.82, 2.24) is 10.3 Å². The summed E-state index contributed by atoms with van der Waals surface area (Å²) in [5, 5.41) is 4.96. The minimum absolute atomic E-state index is 0.145. The first-order valence-electron chi connectivity index (χ1n) is 6.04. The predicted molar refractivity (Wildman–Crippen MR) is 74.5 cm³/mol. The van der Waals surface area contributed by atoms with Crippen molar-refractivity contribution in [3.05, 3.63) is 11.6 Å². The lowest BCUT2D eigenvalue weighted by molar-refractivity contribution is -0.124. The summed E-state index contributed by atoms with van der Waals surface area (Å²) in [5.74, 6) is 1.34. The summed E-state index contributed by atoms with van der Waals surface area (Å²) < 4.78 is 1.11. The molecule has 3 nitrogen and oxygen atoms in total. The molecule has 0 aromatic carbocycles. The van der Waals surface area contributed by atoms with Crippen molar-refractivity contribution >= 4 is 29.0 Å². The highest BCUT2D eigenvalue weighted by Gasteiger charge is 2.10. The second kappa shape index (κ2) is 8.53. The van der Waals surface area contributed by atoms with E-state index in [0.29, 0.717) is 0 Å². The van der Waals surface area contributed by atoms with Crippen LogP contribution in [0.4, 0.5) is 0 Å². The molecule has 1 heterocycles. The lowest BCUT2D eigenvalue weighted by Crippen LogP contribution is -2.30. The molecule has 0 spiro atoms. The number of rotatable bonds is 8. The van der Waals surface area contributed by atoms with Gasteiger partial charge in [-0.05, 0) is 12.8 Å². The van der Waals surface area contributed by atoms with Gasteiger partial charge < -0.3 is 5.32 Å². The summed E-state index contributed by atoms with van der Waals surface area (Å²) >= 11 is 3.42. The van der Waals surface area contributed by atoms with Crippen LogP contribution in [0.3, 0.4) is 0 Å². The number of thiazole rings is 1. The lowest BCUT2D eigenvalue weighted by Gasteiger charge is -2.10. The van der Waals surface area contributed by atoms with E-state index < -0.39 is 0 Å². The van der Waals surface area contributed by atoms with Crippen LogP contribution in [-0.2, 0) is 4.79 Å². The number of carbonyl (C=O) groups is 1. The lowest BCUT2D eigenvalue weighted by atomic mass is 10.1. The van der Waals surface area contributed by atoms with E-state index >= 15 is 0 Å². The van der Waals surface area contributed by atoms with E-state index in [1.807, 2.05) is 18.5 Å². The van der Waals surface area contributed by atoms with Crippen LogP contribution in [-0.4, -0.2) is 23.2 Å². The van der Waals surface area contributed by atoms with Crippen molar-refractivity contribution in [2.24, 2.45) is 5.92 Å². The van der Waals surface area contributed by atoms with E-state index in [4.69, 9.17) is 0 Å². The minimum atomic E-state index is 0.145. The van der Waals surface area contributed by atoms with Gasteiger partial charge in [0.2, 0.25) is 5.91 Å². The van der Waals surface area contributed by atoms with Crippen molar-refractivity contribution in [2.75, 3.05) is 12.3 Å². The molecule has 96 valence electrons. The summed E-state index contributed by atoms with van der Waals surface area (Å²) in [6.07, 6.45) is 4.85. The van der Waals surface area contributed by atoms with Crippen LogP contribution >= 0.6 is 23.1 Å². The van der Waals surface area contributed by atoms with Gasteiger partial charge in [-0.3, -0.25) is 4.79 Å². The van der Waals surface area contributed by atoms with Crippen molar-refractivity contribution < 1.29 is 4.79 Å². The number of amides is 1. The molecule has 0 aliphatic heterocycles. The van der Waals surface area contributed by atoms with Crippen LogP contribution in [0.5, 0.6) is 0 Å². The maximum atomic E-state index is 11.6. The van der Waals surface area contributed by atoms with Crippen LogP contribution < -0.4 is 5.32 Å². The molecular formula is C12H20N2OS2. The number of carbonyl (C=O) groups excluding carboxylic acids is 1. The molecule has 0 saturated heterocycles. The standard InChI is InChI=1S/C12H20N2OS2/c1-3-5-10(2)11(15)13-6-4-8-16-12-14-7-9-17-12/h7,9-10H,3-6,8H2,1-2H3,(H,13,15). The molecule has 0 aliphatic carbocycles. The maximum Gasteiger partial charge on any atom is 0.222 e. The molecule has 0 fully saturated rings. The Morgan fingerprint density at radius 2 is 2.47 bits per heavy atom. The highest BCUT2D eigenvalue weighted by atomic mass is 32.2. The van der Waals surface area contributed by atoms with Crippen molar-refractivity contribution in [1.29, 1.82) is 0 Å². The largest absolute Gasteiger partial charge is 0.356 e. The molecule has 1 aromatic rings. The Hall–Kier alpha value is -0.550. The number of aromatic nitrogens is 1. The molecule has 17 heavy (non-hydrogen) atoms. The zero-order chi connectivity index (χ0) is 12.5. The predicted octanol–water partition coefficient (Wildman–Crippen LogP) is 3.18. The van der Waals surface area contributed by atoms with E-state index in [-0.39, 0.29) is 11.8 Å². The zero-order valence-electron chi connectivity index (χ0n) is 10.4. The van der Waals surface area contributed by atoms with Gasteiger partial charge in [-0.15, -0.1) is 11.3 Å². The summed E-state index contributed by atoms with van der Waals surface area (Å²) in [6, 6.07) is 0. The van der Waals surface area contributed by atoms with E-state index in [1.54, 1.807) is 23.1 Å². The summed E-state index contributed by atoms with van der Waals surface area (Å²) in [4.78, 5) is 15.8. The number of thioether (sulfide) groups is 1.